The van der Waals surface area contributed by atoms with Crippen LogP contribution in [0.25, 0.3) is 0 Å². The molecule has 2 rings (SSSR count). The van der Waals surface area contributed by atoms with Gasteiger partial charge in [-0.05, 0) is 37.6 Å². The molecule has 2 aromatic rings. The first-order valence-electron chi connectivity index (χ1n) is 10.2. The van der Waals surface area contributed by atoms with E-state index in [0.29, 0.717) is 26.5 Å². The molecule has 0 aliphatic carbocycles. The molecular weight excluding hydrogens is 492 g/mol. The molecule has 33 heavy (non-hydrogen) atoms. The van der Waals surface area contributed by atoms with Crippen LogP contribution >= 0.6 is 23.2 Å². The van der Waals surface area contributed by atoms with Crippen LogP contribution in [0, 0.1) is 5.82 Å². The fourth-order valence-corrected chi connectivity index (χ4v) is 4.68. The molecule has 0 spiro atoms. The number of amides is 2. The Balaban J connectivity index is 2.51. The number of carbonyl (C=O) groups excluding carboxylic acids is 2. The number of likely N-dealkylation sites (N-methyl/N-ethyl adjacent to an activating group) is 1. The van der Waals surface area contributed by atoms with Crippen molar-refractivity contribution in [2.24, 2.45) is 0 Å². The molecule has 1 N–H and O–H groups in total. The van der Waals surface area contributed by atoms with Crippen molar-refractivity contribution in [3.05, 3.63) is 63.9 Å². The van der Waals surface area contributed by atoms with Gasteiger partial charge in [-0.2, -0.15) is 0 Å². The third-order valence-electron chi connectivity index (χ3n) is 4.93. The molecule has 0 saturated carbocycles. The molecule has 0 unspecified atom stereocenters. The van der Waals surface area contributed by atoms with E-state index in [1.54, 1.807) is 32.0 Å². The minimum atomic E-state index is -4.03. The average molecular weight is 518 g/mol. The van der Waals surface area contributed by atoms with Gasteiger partial charge in [0.2, 0.25) is 21.8 Å². The van der Waals surface area contributed by atoms with Crippen LogP contribution in [0.1, 0.15) is 25.8 Å². The Morgan fingerprint density at radius 1 is 1.06 bits per heavy atom. The molecule has 0 radical (unpaired) electrons. The Kier molecular flexibility index (Phi) is 9.51. The van der Waals surface area contributed by atoms with Gasteiger partial charge in [-0.1, -0.05) is 48.3 Å². The number of para-hydroxylation sites is 1. The van der Waals surface area contributed by atoms with Crippen LogP contribution in [0.3, 0.4) is 0 Å². The zero-order valence-corrected chi connectivity index (χ0v) is 20.8. The number of benzene rings is 2. The summed E-state index contributed by atoms with van der Waals surface area (Å²) < 4.78 is 40.0. The monoisotopic (exact) mass is 517 g/mol. The quantitative estimate of drug-likeness (QED) is 0.518. The van der Waals surface area contributed by atoms with E-state index in [0.717, 1.165) is 12.3 Å². The molecule has 11 heteroatoms. The minimum absolute atomic E-state index is 0.137. The fraction of sp³-hybridized carbons (Fsp3) is 0.364. The average Bonchev–Trinajstić information content (AvgIpc) is 2.74. The van der Waals surface area contributed by atoms with Crippen LogP contribution in [0.5, 0.6) is 0 Å². The van der Waals surface area contributed by atoms with E-state index in [1.807, 2.05) is 0 Å². The SMILES string of the molecule is CCNC(=O)[C@H](CC)N(Cc1c(Cl)cccc1Cl)C(=O)CN(c1ccccc1F)S(C)(=O)=O. The van der Waals surface area contributed by atoms with Gasteiger partial charge in [0.15, 0.2) is 0 Å². The van der Waals surface area contributed by atoms with Gasteiger partial charge in [-0.25, -0.2) is 12.8 Å². The highest BCUT2D eigenvalue weighted by Crippen LogP contribution is 2.28. The van der Waals surface area contributed by atoms with E-state index in [2.05, 4.69) is 5.32 Å². The maximum atomic E-state index is 14.4. The summed E-state index contributed by atoms with van der Waals surface area (Å²) in [7, 11) is -4.03. The Bertz CT molecular complexity index is 1090. The molecule has 180 valence electrons. The second-order valence-electron chi connectivity index (χ2n) is 7.26. The van der Waals surface area contributed by atoms with E-state index in [1.165, 1.54) is 23.1 Å². The molecule has 0 bridgehead atoms. The zero-order chi connectivity index (χ0) is 24.8. The molecule has 0 aliphatic heterocycles. The van der Waals surface area contributed by atoms with Gasteiger partial charge in [0.05, 0.1) is 11.9 Å². The highest BCUT2D eigenvalue weighted by Gasteiger charge is 2.33. The maximum Gasteiger partial charge on any atom is 0.244 e. The van der Waals surface area contributed by atoms with Gasteiger partial charge in [-0.3, -0.25) is 13.9 Å². The lowest BCUT2D eigenvalue weighted by molar-refractivity contribution is -0.140. The molecule has 0 fully saturated rings. The Hall–Kier alpha value is -2.36. The first-order valence-corrected chi connectivity index (χ1v) is 12.8. The van der Waals surface area contributed by atoms with E-state index in [9.17, 15) is 22.4 Å². The first kappa shape index (κ1) is 26.9. The summed E-state index contributed by atoms with van der Waals surface area (Å²) in [5.74, 6) is -1.92. The number of rotatable bonds is 10. The number of nitrogens with one attached hydrogen (secondary N) is 1. The number of hydrogen-bond acceptors (Lipinski definition) is 4. The normalized spacial score (nSPS) is 12.2. The van der Waals surface area contributed by atoms with Gasteiger partial charge in [-0.15, -0.1) is 0 Å². The van der Waals surface area contributed by atoms with Crippen LogP contribution in [-0.4, -0.2) is 50.5 Å². The van der Waals surface area contributed by atoms with Crippen molar-refractivity contribution in [3.63, 3.8) is 0 Å². The number of carbonyl (C=O) groups is 2. The predicted molar refractivity (Wildman–Crippen MR) is 128 cm³/mol. The summed E-state index contributed by atoms with van der Waals surface area (Å²) in [6.45, 7) is 2.96. The molecule has 0 aliphatic rings. The van der Waals surface area contributed by atoms with Crippen molar-refractivity contribution in [1.29, 1.82) is 0 Å². The van der Waals surface area contributed by atoms with E-state index < -0.39 is 40.2 Å². The van der Waals surface area contributed by atoms with E-state index in [4.69, 9.17) is 23.2 Å². The molecule has 0 saturated heterocycles. The lowest BCUT2D eigenvalue weighted by atomic mass is 10.1. The summed E-state index contributed by atoms with van der Waals surface area (Å²) >= 11 is 12.6. The summed E-state index contributed by atoms with van der Waals surface area (Å²) in [5.41, 5.74) is 0.142. The van der Waals surface area contributed by atoms with Crippen LogP contribution in [0.2, 0.25) is 10.0 Å². The summed E-state index contributed by atoms with van der Waals surface area (Å²) in [4.78, 5) is 27.4. The van der Waals surface area contributed by atoms with Gasteiger partial charge < -0.3 is 10.2 Å². The molecule has 1 atom stereocenters. The smallest absolute Gasteiger partial charge is 0.244 e. The van der Waals surface area contributed by atoms with Crippen molar-refractivity contribution < 1.29 is 22.4 Å². The van der Waals surface area contributed by atoms with Crippen LogP contribution < -0.4 is 9.62 Å². The van der Waals surface area contributed by atoms with Crippen LogP contribution in [-0.2, 0) is 26.2 Å². The molecule has 0 aromatic heterocycles. The topological polar surface area (TPSA) is 86.8 Å². The lowest BCUT2D eigenvalue weighted by Crippen LogP contribution is -2.52. The molecule has 2 amide bonds. The molecule has 0 heterocycles. The number of halogens is 3. The number of hydrogen-bond donors (Lipinski definition) is 1. The third kappa shape index (κ3) is 6.82. The highest BCUT2D eigenvalue weighted by molar-refractivity contribution is 7.92. The summed E-state index contributed by atoms with van der Waals surface area (Å²) in [6, 6.07) is 9.16. The minimum Gasteiger partial charge on any atom is -0.355 e. The number of sulfonamides is 1. The van der Waals surface area contributed by atoms with Gasteiger partial charge in [0, 0.05) is 28.7 Å². The van der Waals surface area contributed by atoms with Gasteiger partial charge in [0.1, 0.15) is 18.4 Å². The largest absolute Gasteiger partial charge is 0.355 e. The van der Waals surface area contributed by atoms with E-state index in [-0.39, 0.29) is 18.7 Å². The van der Waals surface area contributed by atoms with Crippen molar-refractivity contribution in [1.82, 2.24) is 10.2 Å². The summed E-state index contributed by atoms with van der Waals surface area (Å²) in [5, 5.41) is 3.26. The van der Waals surface area contributed by atoms with Crippen molar-refractivity contribution in [3.8, 4) is 0 Å². The third-order valence-corrected chi connectivity index (χ3v) is 6.76. The second kappa shape index (κ2) is 11.7. The van der Waals surface area contributed by atoms with Gasteiger partial charge >= 0.3 is 0 Å². The van der Waals surface area contributed by atoms with Crippen LogP contribution in [0.15, 0.2) is 42.5 Å². The molecule has 2 aromatic carbocycles. The summed E-state index contributed by atoms with van der Waals surface area (Å²) in [6.07, 6.45) is 1.13. The van der Waals surface area contributed by atoms with Crippen LogP contribution in [0.4, 0.5) is 10.1 Å². The standard InChI is InChI=1S/C22H26Cl2FN3O4S/c1-4-19(22(30)26-5-2)27(13-15-16(23)9-8-10-17(15)24)21(29)14-28(33(3,31)32)20-12-7-6-11-18(20)25/h6-12,19H,4-5,13-14H2,1-3H3,(H,26,30)/t19-/m0/s1. The number of nitrogens with zero attached hydrogens (tertiary/aromatic N) is 2. The number of anilines is 1. The maximum absolute atomic E-state index is 14.4. The fourth-order valence-electron chi connectivity index (χ4n) is 3.31. The second-order valence-corrected chi connectivity index (χ2v) is 9.98. The van der Waals surface area contributed by atoms with Crippen molar-refractivity contribution in [2.45, 2.75) is 32.9 Å². The molecule has 7 nitrogen and oxygen atoms in total. The van der Waals surface area contributed by atoms with E-state index >= 15 is 0 Å². The zero-order valence-electron chi connectivity index (χ0n) is 18.5. The van der Waals surface area contributed by atoms with Crippen molar-refractivity contribution >= 4 is 50.7 Å². The lowest BCUT2D eigenvalue weighted by Gasteiger charge is -2.33. The highest BCUT2D eigenvalue weighted by atomic mass is 35.5. The predicted octanol–water partition coefficient (Wildman–Crippen LogP) is 3.84. The Morgan fingerprint density at radius 2 is 1.67 bits per heavy atom. The Labute approximate surface area is 203 Å². The van der Waals surface area contributed by atoms with Gasteiger partial charge in [0.25, 0.3) is 0 Å². The van der Waals surface area contributed by atoms with Crippen molar-refractivity contribution in [2.75, 3.05) is 23.7 Å². The first-order chi connectivity index (χ1) is 15.5. The Morgan fingerprint density at radius 3 is 2.18 bits per heavy atom. The molecular formula is C22H26Cl2FN3O4S.